The lowest BCUT2D eigenvalue weighted by atomic mass is 10.0. The van der Waals surface area contributed by atoms with Gasteiger partial charge in [-0.3, -0.25) is 5.01 Å². The molecule has 2 aromatic rings. The molecule has 0 saturated heterocycles. The summed E-state index contributed by atoms with van der Waals surface area (Å²) in [6, 6.07) is 14.8. The second-order valence-electron chi connectivity index (χ2n) is 5.15. The van der Waals surface area contributed by atoms with Crippen molar-refractivity contribution in [2.45, 2.75) is 12.5 Å². The zero-order valence-corrected chi connectivity index (χ0v) is 13.2. The highest BCUT2D eigenvalue weighted by Crippen LogP contribution is 2.38. The summed E-state index contributed by atoms with van der Waals surface area (Å²) in [5, 5.41) is 15.7. The molecule has 1 heterocycles. The van der Waals surface area contributed by atoms with Crippen LogP contribution in [0.4, 0.5) is 5.69 Å². The Bertz CT molecular complexity index is 762. The first-order chi connectivity index (χ1) is 11.1. The van der Waals surface area contributed by atoms with E-state index in [1.807, 2.05) is 36.4 Å². The van der Waals surface area contributed by atoms with Crippen molar-refractivity contribution < 1.29 is 14.6 Å². The van der Waals surface area contributed by atoms with Crippen LogP contribution in [0.5, 0.6) is 5.75 Å². The fourth-order valence-corrected chi connectivity index (χ4v) is 2.86. The second-order valence-corrected chi connectivity index (χ2v) is 5.55. The number of hydrazone groups is 1. The van der Waals surface area contributed by atoms with E-state index >= 15 is 0 Å². The Hall–Kier alpha value is -2.53. The molecule has 1 atom stereocenters. The molecule has 0 bridgehead atoms. The van der Waals surface area contributed by atoms with Crippen LogP contribution in [0.2, 0.25) is 5.02 Å². The van der Waals surface area contributed by atoms with Crippen molar-refractivity contribution in [2.24, 2.45) is 5.10 Å². The minimum atomic E-state index is -1.01. The molecule has 1 N–H and O–H groups in total. The van der Waals surface area contributed by atoms with Gasteiger partial charge < -0.3 is 9.84 Å². The average molecular weight is 331 g/mol. The molecule has 0 radical (unpaired) electrons. The molecular weight excluding hydrogens is 316 g/mol. The van der Waals surface area contributed by atoms with Gasteiger partial charge >= 0.3 is 5.97 Å². The van der Waals surface area contributed by atoms with Gasteiger partial charge in [-0.2, -0.15) is 5.10 Å². The standard InChI is InChI=1S/C17H15ClN2O3/c1-23-16-8-7-12(9-13(16)18)20-15(10-14(19-20)17(21)22)11-5-3-2-4-6-11/h2-9,15H,10H2,1H3,(H,21,22)/t15-/m1/s1. The van der Waals surface area contributed by atoms with Crippen LogP contribution in [-0.4, -0.2) is 23.9 Å². The van der Waals surface area contributed by atoms with Crippen LogP contribution < -0.4 is 9.75 Å². The van der Waals surface area contributed by atoms with Crippen LogP contribution in [0.15, 0.2) is 53.6 Å². The Balaban J connectivity index is 2.01. The van der Waals surface area contributed by atoms with E-state index in [-0.39, 0.29) is 11.8 Å². The van der Waals surface area contributed by atoms with Crippen molar-refractivity contribution >= 4 is 29.0 Å². The number of hydrogen-bond acceptors (Lipinski definition) is 4. The molecule has 0 aliphatic carbocycles. The predicted molar refractivity (Wildman–Crippen MR) is 89.4 cm³/mol. The fourth-order valence-electron chi connectivity index (χ4n) is 2.61. The van der Waals surface area contributed by atoms with E-state index in [0.717, 1.165) is 11.3 Å². The Morgan fingerprint density at radius 3 is 2.65 bits per heavy atom. The summed E-state index contributed by atoms with van der Waals surface area (Å²) in [6.07, 6.45) is 0.336. The van der Waals surface area contributed by atoms with Crippen LogP contribution in [-0.2, 0) is 4.79 Å². The van der Waals surface area contributed by atoms with Crippen molar-refractivity contribution in [3.05, 3.63) is 59.1 Å². The largest absolute Gasteiger partial charge is 0.495 e. The Labute approximate surface area is 138 Å². The third-order valence-corrected chi connectivity index (χ3v) is 4.04. The number of hydrogen-bond donors (Lipinski definition) is 1. The van der Waals surface area contributed by atoms with Crippen molar-refractivity contribution in [3.8, 4) is 5.75 Å². The average Bonchev–Trinajstić information content (AvgIpc) is 3.01. The molecule has 0 aromatic heterocycles. The van der Waals surface area contributed by atoms with E-state index in [1.165, 1.54) is 0 Å². The summed E-state index contributed by atoms with van der Waals surface area (Å²) in [4.78, 5) is 11.3. The number of carboxylic acid groups (broad SMARTS) is 1. The minimum Gasteiger partial charge on any atom is -0.495 e. The van der Waals surface area contributed by atoms with Crippen molar-refractivity contribution in [1.29, 1.82) is 0 Å². The van der Waals surface area contributed by atoms with Gasteiger partial charge in [-0.15, -0.1) is 0 Å². The zero-order valence-electron chi connectivity index (χ0n) is 12.4. The van der Waals surface area contributed by atoms with Gasteiger partial charge in [0.2, 0.25) is 0 Å². The lowest BCUT2D eigenvalue weighted by molar-refractivity contribution is -0.129. The van der Waals surface area contributed by atoms with Crippen LogP contribution in [0.25, 0.3) is 0 Å². The molecule has 23 heavy (non-hydrogen) atoms. The first-order valence-corrected chi connectivity index (χ1v) is 7.46. The van der Waals surface area contributed by atoms with Gasteiger partial charge in [-0.1, -0.05) is 41.9 Å². The Kier molecular flexibility index (Phi) is 4.21. The summed E-state index contributed by atoms with van der Waals surface area (Å²) in [5.74, 6) is -0.443. The molecule has 0 fully saturated rings. The highest BCUT2D eigenvalue weighted by Gasteiger charge is 2.32. The molecule has 1 aliphatic rings. The monoisotopic (exact) mass is 330 g/mol. The summed E-state index contributed by atoms with van der Waals surface area (Å²) in [5.41, 5.74) is 1.85. The van der Waals surface area contributed by atoms with E-state index in [0.29, 0.717) is 17.2 Å². The van der Waals surface area contributed by atoms with E-state index in [9.17, 15) is 9.90 Å². The maximum Gasteiger partial charge on any atom is 0.352 e. The third kappa shape index (κ3) is 3.00. The third-order valence-electron chi connectivity index (χ3n) is 3.74. The summed E-state index contributed by atoms with van der Waals surface area (Å²) < 4.78 is 5.15. The molecule has 1 aliphatic heterocycles. The zero-order chi connectivity index (χ0) is 16.4. The van der Waals surface area contributed by atoms with Crippen molar-refractivity contribution in [3.63, 3.8) is 0 Å². The number of carbonyl (C=O) groups is 1. The van der Waals surface area contributed by atoms with E-state index in [1.54, 1.807) is 24.3 Å². The number of methoxy groups -OCH3 is 1. The molecule has 118 valence electrons. The molecule has 0 unspecified atom stereocenters. The number of anilines is 1. The summed E-state index contributed by atoms with van der Waals surface area (Å²) in [7, 11) is 1.55. The number of nitrogens with zero attached hydrogens (tertiary/aromatic N) is 2. The van der Waals surface area contributed by atoms with Gasteiger partial charge in [0.1, 0.15) is 11.5 Å². The van der Waals surface area contributed by atoms with Crippen LogP contribution in [0.3, 0.4) is 0 Å². The molecule has 0 amide bonds. The lowest BCUT2D eigenvalue weighted by Crippen LogP contribution is -2.18. The maximum absolute atomic E-state index is 11.3. The predicted octanol–water partition coefficient (Wildman–Crippen LogP) is 3.74. The van der Waals surface area contributed by atoms with Gasteiger partial charge in [-0.05, 0) is 23.8 Å². The number of ether oxygens (including phenoxy) is 1. The topological polar surface area (TPSA) is 62.1 Å². The molecule has 0 spiro atoms. The molecule has 6 heteroatoms. The Morgan fingerprint density at radius 1 is 1.30 bits per heavy atom. The second kappa shape index (κ2) is 6.30. The minimum absolute atomic E-state index is 0.130. The van der Waals surface area contributed by atoms with E-state index < -0.39 is 5.97 Å². The quantitative estimate of drug-likeness (QED) is 0.927. The van der Waals surface area contributed by atoms with Crippen molar-refractivity contribution in [2.75, 3.05) is 12.1 Å². The molecule has 3 rings (SSSR count). The number of carboxylic acids is 1. The number of halogens is 1. The number of aliphatic carboxylic acids is 1. The number of rotatable bonds is 4. The molecular formula is C17H15ClN2O3. The molecule has 0 saturated carbocycles. The maximum atomic E-state index is 11.3. The fraction of sp³-hybridized carbons (Fsp3) is 0.176. The van der Waals surface area contributed by atoms with Gasteiger partial charge in [0.15, 0.2) is 0 Å². The first kappa shape index (κ1) is 15.4. The van der Waals surface area contributed by atoms with Gasteiger partial charge in [0, 0.05) is 6.42 Å². The van der Waals surface area contributed by atoms with Crippen LogP contribution in [0, 0.1) is 0 Å². The SMILES string of the molecule is COc1ccc(N2N=C(C(=O)O)C[C@@H]2c2ccccc2)cc1Cl. The molecule has 2 aromatic carbocycles. The van der Waals surface area contributed by atoms with Gasteiger partial charge in [0.05, 0.1) is 23.9 Å². The van der Waals surface area contributed by atoms with Crippen LogP contribution in [0.1, 0.15) is 18.0 Å². The first-order valence-electron chi connectivity index (χ1n) is 7.08. The van der Waals surface area contributed by atoms with E-state index in [4.69, 9.17) is 16.3 Å². The smallest absolute Gasteiger partial charge is 0.352 e. The van der Waals surface area contributed by atoms with Gasteiger partial charge in [-0.25, -0.2) is 4.79 Å². The highest BCUT2D eigenvalue weighted by atomic mass is 35.5. The van der Waals surface area contributed by atoms with Crippen molar-refractivity contribution in [1.82, 2.24) is 0 Å². The highest BCUT2D eigenvalue weighted by molar-refractivity contribution is 6.36. The number of benzene rings is 2. The normalized spacial score (nSPS) is 17.0. The summed E-state index contributed by atoms with van der Waals surface area (Å²) in [6.45, 7) is 0. The van der Waals surface area contributed by atoms with E-state index in [2.05, 4.69) is 5.10 Å². The Morgan fingerprint density at radius 2 is 2.04 bits per heavy atom. The summed E-state index contributed by atoms with van der Waals surface area (Å²) >= 11 is 6.18. The lowest BCUT2D eigenvalue weighted by Gasteiger charge is -2.24. The van der Waals surface area contributed by atoms with Gasteiger partial charge in [0.25, 0.3) is 0 Å². The van der Waals surface area contributed by atoms with Crippen LogP contribution >= 0.6 is 11.6 Å². The molecule has 5 nitrogen and oxygen atoms in total.